The van der Waals surface area contributed by atoms with Crippen LogP contribution in [0.3, 0.4) is 0 Å². The zero-order chi connectivity index (χ0) is 14.0. The van der Waals surface area contributed by atoms with Crippen molar-refractivity contribution in [2.75, 3.05) is 6.61 Å². The molecule has 0 aromatic rings. The Balaban J connectivity index is 3.88. The summed E-state index contributed by atoms with van der Waals surface area (Å²) in [4.78, 5) is 11.6. The SMILES string of the molecule is C=C(CCC(CC)CCCC)C(=O)OCC(C)C. The van der Waals surface area contributed by atoms with Crippen molar-refractivity contribution < 1.29 is 9.53 Å². The zero-order valence-corrected chi connectivity index (χ0v) is 12.6. The van der Waals surface area contributed by atoms with Gasteiger partial charge in [-0.25, -0.2) is 4.79 Å². The van der Waals surface area contributed by atoms with Gasteiger partial charge in [0.15, 0.2) is 0 Å². The predicted molar refractivity (Wildman–Crippen MR) is 77.5 cm³/mol. The molecule has 0 spiro atoms. The molecule has 0 aliphatic carbocycles. The second-order valence-electron chi connectivity index (χ2n) is 5.55. The molecule has 0 aliphatic heterocycles. The van der Waals surface area contributed by atoms with E-state index in [1.807, 2.05) is 13.8 Å². The number of carbonyl (C=O) groups excluding carboxylic acids is 1. The van der Waals surface area contributed by atoms with Gasteiger partial charge in [0.05, 0.1) is 6.61 Å². The van der Waals surface area contributed by atoms with E-state index in [0.717, 1.165) is 18.8 Å². The van der Waals surface area contributed by atoms with Crippen LogP contribution in [-0.4, -0.2) is 12.6 Å². The van der Waals surface area contributed by atoms with Crippen LogP contribution < -0.4 is 0 Å². The summed E-state index contributed by atoms with van der Waals surface area (Å²) in [6.07, 6.45) is 6.82. The summed E-state index contributed by atoms with van der Waals surface area (Å²) >= 11 is 0. The van der Waals surface area contributed by atoms with Gasteiger partial charge in [0, 0.05) is 5.57 Å². The highest BCUT2D eigenvalue weighted by molar-refractivity contribution is 5.87. The normalized spacial score (nSPS) is 12.5. The molecule has 0 fully saturated rings. The van der Waals surface area contributed by atoms with Gasteiger partial charge in [0.2, 0.25) is 0 Å². The fraction of sp³-hybridized carbons (Fsp3) is 0.812. The maximum atomic E-state index is 11.6. The van der Waals surface area contributed by atoms with Gasteiger partial charge in [-0.3, -0.25) is 0 Å². The number of ether oxygens (including phenoxy) is 1. The van der Waals surface area contributed by atoms with Gasteiger partial charge in [-0.05, 0) is 24.7 Å². The minimum Gasteiger partial charge on any atom is -0.462 e. The number of hydrogen-bond donors (Lipinski definition) is 0. The third-order valence-electron chi connectivity index (χ3n) is 3.23. The third kappa shape index (κ3) is 8.32. The molecule has 106 valence electrons. The Morgan fingerprint density at radius 2 is 1.89 bits per heavy atom. The molecule has 0 saturated carbocycles. The van der Waals surface area contributed by atoms with Gasteiger partial charge in [0.1, 0.15) is 0 Å². The molecule has 0 aromatic carbocycles. The first-order valence-corrected chi connectivity index (χ1v) is 7.36. The van der Waals surface area contributed by atoms with Crippen molar-refractivity contribution in [2.24, 2.45) is 11.8 Å². The number of hydrogen-bond acceptors (Lipinski definition) is 2. The monoisotopic (exact) mass is 254 g/mol. The minimum absolute atomic E-state index is 0.214. The lowest BCUT2D eigenvalue weighted by Crippen LogP contribution is -2.12. The van der Waals surface area contributed by atoms with Crippen LogP contribution >= 0.6 is 0 Å². The lowest BCUT2D eigenvalue weighted by atomic mass is 9.92. The molecule has 0 amide bonds. The van der Waals surface area contributed by atoms with E-state index in [-0.39, 0.29) is 5.97 Å². The first-order valence-electron chi connectivity index (χ1n) is 7.36. The van der Waals surface area contributed by atoms with Crippen molar-refractivity contribution in [1.29, 1.82) is 0 Å². The summed E-state index contributed by atoms with van der Waals surface area (Å²) in [7, 11) is 0. The van der Waals surface area contributed by atoms with E-state index in [2.05, 4.69) is 20.4 Å². The fourth-order valence-corrected chi connectivity index (χ4v) is 1.87. The topological polar surface area (TPSA) is 26.3 Å². The Morgan fingerprint density at radius 3 is 2.39 bits per heavy atom. The Bertz CT molecular complexity index is 243. The molecule has 0 heterocycles. The van der Waals surface area contributed by atoms with Crippen LogP contribution in [0, 0.1) is 11.8 Å². The molecule has 1 atom stereocenters. The maximum Gasteiger partial charge on any atom is 0.333 e. The molecule has 0 rings (SSSR count). The molecule has 0 aromatic heterocycles. The lowest BCUT2D eigenvalue weighted by Gasteiger charge is -2.15. The van der Waals surface area contributed by atoms with Gasteiger partial charge in [0.25, 0.3) is 0 Å². The Morgan fingerprint density at radius 1 is 1.22 bits per heavy atom. The van der Waals surface area contributed by atoms with Gasteiger partial charge >= 0.3 is 5.97 Å². The highest BCUT2D eigenvalue weighted by Crippen LogP contribution is 2.21. The molecule has 2 heteroatoms. The van der Waals surface area contributed by atoms with Crippen molar-refractivity contribution in [3.8, 4) is 0 Å². The van der Waals surface area contributed by atoms with E-state index in [9.17, 15) is 4.79 Å². The van der Waals surface area contributed by atoms with E-state index in [0.29, 0.717) is 18.1 Å². The molecule has 0 aliphatic rings. The molecule has 1 unspecified atom stereocenters. The van der Waals surface area contributed by atoms with Gasteiger partial charge < -0.3 is 4.74 Å². The van der Waals surface area contributed by atoms with Crippen molar-refractivity contribution in [2.45, 2.75) is 66.2 Å². The predicted octanol–water partition coefficient (Wildman–Crippen LogP) is 4.74. The lowest BCUT2D eigenvalue weighted by molar-refractivity contribution is -0.140. The van der Waals surface area contributed by atoms with E-state index in [4.69, 9.17) is 4.74 Å². The number of esters is 1. The van der Waals surface area contributed by atoms with Gasteiger partial charge in [-0.2, -0.15) is 0 Å². The van der Waals surface area contributed by atoms with Crippen molar-refractivity contribution in [3.05, 3.63) is 12.2 Å². The molecule has 18 heavy (non-hydrogen) atoms. The molecular weight excluding hydrogens is 224 g/mol. The quantitative estimate of drug-likeness (QED) is 0.416. The summed E-state index contributed by atoms with van der Waals surface area (Å²) in [5.41, 5.74) is 0.630. The molecule has 0 bridgehead atoms. The van der Waals surface area contributed by atoms with Crippen molar-refractivity contribution in [1.82, 2.24) is 0 Å². The van der Waals surface area contributed by atoms with Crippen LogP contribution in [0.25, 0.3) is 0 Å². The molecule has 0 radical (unpaired) electrons. The van der Waals surface area contributed by atoms with Crippen molar-refractivity contribution in [3.63, 3.8) is 0 Å². The summed E-state index contributed by atoms with van der Waals surface area (Å²) in [5, 5.41) is 0. The number of unbranched alkanes of at least 4 members (excludes halogenated alkanes) is 1. The Hall–Kier alpha value is -0.790. The van der Waals surface area contributed by atoms with Crippen LogP contribution in [0.15, 0.2) is 12.2 Å². The highest BCUT2D eigenvalue weighted by Gasteiger charge is 2.12. The van der Waals surface area contributed by atoms with Crippen molar-refractivity contribution >= 4 is 5.97 Å². The molecule has 0 saturated heterocycles. The standard InChI is InChI=1S/C16H30O2/c1-6-8-9-15(7-2)11-10-14(5)16(17)18-12-13(3)4/h13,15H,5-12H2,1-4H3. The second-order valence-corrected chi connectivity index (χ2v) is 5.55. The van der Waals surface area contributed by atoms with Crippen LogP contribution in [-0.2, 0) is 9.53 Å². The van der Waals surface area contributed by atoms with E-state index in [1.54, 1.807) is 0 Å². The summed E-state index contributed by atoms with van der Waals surface area (Å²) in [6, 6.07) is 0. The first kappa shape index (κ1) is 17.2. The Kier molecular flexibility index (Phi) is 9.72. The largest absolute Gasteiger partial charge is 0.462 e. The third-order valence-corrected chi connectivity index (χ3v) is 3.23. The average molecular weight is 254 g/mol. The molecule has 0 N–H and O–H groups in total. The fourth-order valence-electron chi connectivity index (χ4n) is 1.87. The van der Waals surface area contributed by atoms with Gasteiger partial charge in [-0.15, -0.1) is 0 Å². The first-order chi connectivity index (χ1) is 8.51. The minimum atomic E-state index is -0.214. The smallest absolute Gasteiger partial charge is 0.333 e. The van der Waals surface area contributed by atoms with E-state index >= 15 is 0 Å². The average Bonchev–Trinajstić information content (AvgIpc) is 2.35. The summed E-state index contributed by atoms with van der Waals surface area (Å²) in [5.74, 6) is 0.892. The van der Waals surface area contributed by atoms with E-state index < -0.39 is 0 Å². The molecule has 2 nitrogen and oxygen atoms in total. The van der Waals surface area contributed by atoms with Crippen LogP contribution in [0.1, 0.15) is 66.2 Å². The van der Waals surface area contributed by atoms with E-state index in [1.165, 1.54) is 25.7 Å². The summed E-state index contributed by atoms with van der Waals surface area (Å²) in [6.45, 7) is 12.8. The Labute approximate surface area is 113 Å². The highest BCUT2D eigenvalue weighted by atomic mass is 16.5. The van der Waals surface area contributed by atoms with Crippen LogP contribution in [0.5, 0.6) is 0 Å². The maximum absolute atomic E-state index is 11.6. The number of carbonyl (C=O) groups is 1. The zero-order valence-electron chi connectivity index (χ0n) is 12.6. The van der Waals surface area contributed by atoms with Gasteiger partial charge in [-0.1, -0.05) is 60.0 Å². The number of rotatable bonds is 10. The molecular formula is C16H30O2. The second kappa shape index (κ2) is 10.2. The van der Waals surface area contributed by atoms with Crippen LogP contribution in [0.2, 0.25) is 0 Å². The van der Waals surface area contributed by atoms with Crippen LogP contribution in [0.4, 0.5) is 0 Å². The summed E-state index contributed by atoms with van der Waals surface area (Å²) < 4.78 is 5.17.